The first-order valence-corrected chi connectivity index (χ1v) is 9.99. The van der Waals surface area contributed by atoms with Crippen molar-refractivity contribution in [3.05, 3.63) is 60.2 Å². The number of fused-ring (bicyclic) bond motifs is 1. The van der Waals surface area contributed by atoms with Gasteiger partial charge in [-0.05, 0) is 30.5 Å². The number of benzene rings is 2. The van der Waals surface area contributed by atoms with Gasteiger partial charge < -0.3 is 10.6 Å². The molecule has 1 aliphatic heterocycles. The van der Waals surface area contributed by atoms with Crippen molar-refractivity contribution >= 4 is 27.5 Å². The van der Waals surface area contributed by atoms with E-state index in [0.717, 1.165) is 6.42 Å². The molecule has 0 atom stereocenters. The third kappa shape index (κ3) is 4.70. The van der Waals surface area contributed by atoms with Gasteiger partial charge in [0.2, 0.25) is 5.91 Å². The van der Waals surface area contributed by atoms with Gasteiger partial charge in [0.25, 0.3) is 10.0 Å². The van der Waals surface area contributed by atoms with Gasteiger partial charge >= 0.3 is 0 Å². The molecule has 0 saturated heterocycles. The first kappa shape index (κ1) is 18.1. The van der Waals surface area contributed by atoms with E-state index in [2.05, 4.69) is 15.0 Å². The fraction of sp³-hybridized carbons (Fsp3) is 0.263. The zero-order valence-corrected chi connectivity index (χ0v) is 15.1. The number of nitrogens with zero attached hydrogens (tertiary/aromatic N) is 1. The molecule has 0 spiro atoms. The molecule has 2 aromatic rings. The predicted molar refractivity (Wildman–Crippen MR) is 102 cm³/mol. The number of carbonyl (C=O) groups is 1. The third-order valence-corrected chi connectivity index (χ3v) is 5.44. The fourth-order valence-corrected chi connectivity index (χ4v) is 3.94. The summed E-state index contributed by atoms with van der Waals surface area (Å²) >= 11 is 0. The Morgan fingerprint density at radius 2 is 1.73 bits per heavy atom. The Labute approximate surface area is 153 Å². The monoisotopic (exact) mass is 371 g/mol. The number of carbonyl (C=O) groups excluding carboxylic acids is 1. The maximum atomic E-state index is 12.1. The normalized spacial score (nSPS) is 14.7. The molecular formula is C19H21N3O3S. The van der Waals surface area contributed by atoms with E-state index < -0.39 is 10.0 Å². The van der Waals surface area contributed by atoms with E-state index in [1.54, 1.807) is 18.2 Å². The highest BCUT2D eigenvalue weighted by Gasteiger charge is 2.23. The van der Waals surface area contributed by atoms with E-state index in [4.69, 9.17) is 0 Å². The Hall–Kier alpha value is -2.67. The summed E-state index contributed by atoms with van der Waals surface area (Å²) in [5.74, 6) is 0.335. The van der Waals surface area contributed by atoms with Crippen LogP contribution in [-0.2, 0) is 21.2 Å². The molecule has 2 aromatic carbocycles. The molecule has 0 unspecified atom stereocenters. The Morgan fingerprint density at radius 3 is 2.54 bits per heavy atom. The standard InChI is InChI=1S/C19H21N3O3S/c23-19(20-14-13-15-7-2-1-3-8-15)12-6-11-18-21-16-9-4-5-10-17(16)26(24,25)22-18/h1-5,7-10H,6,11-14H2,(H,20,23)(H,21,22). The average molecular weight is 371 g/mol. The molecule has 7 heteroatoms. The average Bonchev–Trinajstić information content (AvgIpc) is 2.62. The minimum atomic E-state index is -3.66. The molecule has 0 aliphatic carbocycles. The molecule has 0 saturated carbocycles. The van der Waals surface area contributed by atoms with Crippen LogP contribution in [0.3, 0.4) is 0 Å². The number of nitrogens with one attached hydrogen (secondary N) is 2. The van der Waals surface area contributed by atoms with Crippen molar-refractivity contribution in [2.45, 2.75) is 30.6 Å². The molecule has 1 amide bonds. The summed E-state index contributed by atoms with van der Waals surface area (Å²) in [6.07, 6.45) is 2.05. The predicted octanol–water partition coefficient (Wildman–Crippen LogP) is 2.73. The van der Waals surface area contributed by atoms with E-state index in [1.807, 2.05) is 30.3 Å². The van der Waals surface area contributed by atoms with Gasteiger partial charge in [0.05, 0.1) is 5.69 Å². The summed E-state index contributed by atoms with van der Waals surface area (Å²) in [7, 11) is -3.66. The molecular weight excluding hydrogens is 350 g/mol. The maximum Gasteiger partial charge on any atom is 0.286 e. The number of amidine groups is 1. The molecule has 3 rings (SSSR count). The molecule has 26 heavy (non-hydrogen) atoms. The molecule has 0 bridgehead atoms. The van der Waals surface area contributed by atoms with E-state index in [0.29, 0.717) is 37.3 Å². The molecule has 1 aliphatic rings. The van der Waals surface area contributed by atoms with Crippen LogP contribution in [-0.4, -0.2) is 26.7 Å². The first-order chi connectivity index (χ1) is 12.5. The second kappa shape index (κ2) is 8.14. The number of hydrogen-bond donors (Lipinski definition) is 2. The molecule has 0 radical (unpaired) electrons. The maximum absolute atomic E-state index is 12.1. The van der Waals surface area contributed by atoms with Crippen LogP contribution in [0.1, 0.15) is 24.8 Å². The van der Waals surface area contributed by atoms with E-state index in [9.17, 15) is 13.2 Å². The Morgan fingerprint density at radius 1 is 1.00 bits per heavy atom. The number of para-hydroxylation sites is 1. The lowest BCUT2D eigenvalue weighted by molar-refractivity contribution is -0.121. The summed E-state index contributed by atoms with van der Waals surface area (Å²) in [4.78, 5) is 12.1. The molecule has 0 fully saturated rings. The van der Waals surface area contributed by atoms with Gasteiger partial charge in [-0.2, -0.15) is 8.42 Å². The Kier molecular flexibility index (Phi) is 5.68. The van der Waals surface area contributed by atoms with Crippen molar-refractivity contribution < 1.29 is 13.2 Å². The quantitative estimate of drug-likeness (QED) is 0.783. The molecule has 6 nitrogen and oxygen atoms in total. The van der Waals surface area contributed by atoms with Crippen molar-refractivity contribution in [2.75, 3.05) is 11.9 Å². The van der Waals surface area contributed by atoms with Crippen molar-refractivity contribution in [1.82, 2.24) is 5.32 Å². The zero-order valence-electron chi connectivity index (χ0n) is 14.3. The summed E-state index contributed by atoms with van der Waals surface area (Å²) in [6.45, 7) is 0.587. The molecule has 2 N–H and O–H groups in total. The lowest BCUT2D eigenvalue weighted by atomic mass is 10.1. The summed E-state index contributed by atoms with van der Waals surface area (Å²) < 4.78 is 28.1. The van der Waals surface area contributed by atoms with Crippen LogP contribution >= 0.6 is 0 Å². The SMILES string of the molecule is O=C(CCCC1=NS(=O)(=O)c2ccccc2N1)NCCc1ccccc1. The van der Waals surface area contributed by atoms with Gasteiger partial charge in [0.1, 0.15) is 10.7 Å². The summed E-state index contributed by atoms with van der Waals surface area (Å²) in [5.41, 5.74) is 1.71. The van der Waals surface area contributed by atoms with Crippen molar-refractivity contribution in [1.29, 1.82) is 0 Å². The first-order valence-electron chi connectivity index (χ1n) is 8.55. The van der Waals surface area contributed by atoms with E-state index in [1.165, 1.54) is 11.6 Å². The van der Waals surface area contributed by atoms with Crippen LogP contribution in [0, 0.1) is 0 Å². The van der Waals surface area contributed by atoms with Gasteiger partial charge in [-0.1, -0.05) is 42.5 Å². The zero-order chi connectivity index (χ0) is 18.4. The fourth-order valence-electron chi connectivity index (χ4n) is 2.77. The summed E-state index contributed by atoms with van der Waals surface area (Å²) in [5, 5.41) is 5.91. The van der Waals surface area contributed by atoms with Crippen molar-refractivity contribution in [3.63, 3.8) is 0 Å². The number of amides is 1. The topological polar surface area (TPSA) is 87.6 Å². The highest BCUT2D eigenvalue weighted by Crippen LogP contribution is 2.27. The van der Waals surface area contributed by atoms with Crippen LogP contribution in [0.2, 0.25) is 0 Å². The number of sulfonamides is 1. The van der Waals surface area contributed by atoms with Gasteiger partial charge in [-0.3, -0.25) is 4.79 Å². The van der Waals surface area contributed by atoms with Gasteiger partial charge in [0, 0.05) is 19.4 Å². The van der Waals surface area contributed by atoms with Gasteiger partial charge in [-0.15, -0.1) is 4.40 Å². The lowest BCUT2D eigenvalue weighted by Gasteiger charge is -2.17. The smallest absolute Gasteiger partial charge is 0.286 e. The highest BCUT2D eigenvalue weighted by molar-refractivity contribution is 7.90. The van der Waals surface area contributed by atoms with Crippen molar-refractivity contribution in [3.8, 4) is 0 Å². The van der Waals surface area contributed by atoms with Gasteiger partial charge in [-0.25, -0.2) is 0 Å². The minimum Gasteiger partial charge on any atom is -0.356 e. The highest BCUT2D eigenvalue weighted by atomic mass is 32.2. The number of rotatable bonds is 7. The molecule has 136 valence electrons. The van der Waals surface area contributed by atoms with Crippen LogP contribution < -0.4 is 10.6 Å². The van der Waals surface area contributed by atoms with E-state index in [-0.39, 0.29) is 10.8 Å². The van der Waals surface area contributed by atoms with Crippen LogP contribution in [0.25, 0.3) is 0 Å². The second-order valence-electron chi connectivity index (χ2n) is 6.07. The number of hydrogen-bond acceptors (Lipinski definition) is 4. The van der Waals surface area contributed by atoms with Crippen LogP contribution in [0.15, 0.2) is 63.9 Å². The number of anilines is 1. The lowest BCUT2D eigenvalue weighted by Crippen LogP contribution is -2.26. The second-order valence-corrected chi connectivity index (χ2v) is 7.65. The van der Waals surface area contributed by atoms with Crippen LogP contribution in [0.5, 0.6) is 0 Å². The Bertz CT molecular complexity index is 909. The van der Waals surface area contributed by atoms with Gasteiger partial charge in [0.15, 0.2) is 0 Å². The molecule has 1 heterocycles. The minimum absolute atomic E-state index is 0.0411. The Balaban J connectivity index is 1.44. The van der Waals surface area contributed by atoms with Crippen LogP contribution in [0.4, 0.5) is 5.69 Å². The van der Waals surface area contributed by atoms with Crippen molar-refractivity contribution in [2.24, 2.45) is 4.40 Å². The summed E-state index contributed by atoms with van der Waals surface area (Å²) in [6, 6.07) is 16.6. The third-order valence-electron chi connectivity index (χ3n) is 4.07. The largest absolute Gasteiger partial charge is 0.356 e. The molecule has 0 aromatic heterocycles. The van der Waals surface area contributed by atoms with E-state index >= 15 is 0 Å².